The largest absolute Gasteiger partial charge is 0.324 e. The fourth-order valence-corrected chi connectivity index (χ4v) is 2.47. The average molecular weight is 272 g/mol. The van der Waals surface area contributed by atoms with Gasteiger partial charge < -0.3 is 5.32 Å². The van der Waals surface area contributed by atoms with Gasteiger partial charge in [-0.25, -0.2) is 0 Å². The summed E-state index contributed by atoms with van der Waals surface area (Å²) in [6.45, 7) is 2.07. The number of carbonyl (C=O) groups excluding carboxylic acids is 1. The number of nitrogens with zero attached hydrogens (tertiary/aromatic N) is 1. The smallest absolute Gasteiger partial charge is 0.234 e. The molecule has 19 heavy (non-hydrogen) atoms. The van der Waals surface area contributed by atoms with E-state index in [2.05, 4.69) is 35.4 Å². The predicted molar refractivity (Wildman–Crippen MR) is 80.2 cm³/mol. The second kappa shape index (κ2) is 6.95. The minimum Gasteiger partial charge on any atom is -0.324 e. The Morgan fingerprint density at radius 2 is 2.21 bits per heavy atom. The number of thioether (sulfide) groups is 1. The fraction of sp³-hybridized carbons (Fsp3) is 0.200. The van der Waals surface area contributed by atoms with E-state index in [9.17, 15) is 4.79 Å². The highest BCUT2D eigenvalue weighted by Crippen LogP contribution is 2.14. The highest BCUT2D eigenvalue weighted by molar-refractivity contribution is 7.99. The van der Waals surface area contributed by atoms with E-state index < -0.39 is 0 Å². The van der Waals surface area contributed by atoms with E-state index in [0.29, 0.717) is 5.75 Å². The van der Waals surface area contributed by atoms with Crippen molar-refractivity contribution in [1.82, 2.24) is 4.98 Å². The van der Waals surface area contributed by atoms with Crippen molar-refractivity contribution in [2.24, 2.45) is 0 Å². The minimum atomic E-state index is 0.00523. The normalized spacial score (nSPS) is 10.2. The Bertz CT molecular complexity index is 543. The average Bonchev–Trinajstić information content (AvgIpc) is 2.40. The van der Waals surface area contributed by atoms with Gasteiger partial charge in [-0.15, -0.1) is 11.8 Å². The van der Waals surface area contributed by atoms with Gasteiger partial charge in [-0.3, -0.25) is 9.78 Å². The number of anilines is 1. The maximum Gasteiger partial charge on any atom is 0.234 e. The highest BCUT2D eigenvalue weighted by Gasteiger charge is 2.03. The van der Waals surface area contributed by atoms with E-state index in [4.69, 9.17) is 0 Å². The standard InChI is InChI=1S/C15H16N2OS/c1-12-4-2-5-13(8-12)10-19-11-15(18)17-14-6-3-7-16-9-14/h2-9H,10-11H2,1H3,(H,17,18). The molecule has 0 aliphatic heterocycles. The molecule has 0 spiro atoms. The van der Waals surface area contributed by atoms with Crippen LogP contribution in [-0.4, -0.2) is 16.6 Å². The lowest BCUT2D eigenvalue weighted by Crippen LogP contribution is -2.14. The number of aromatic nitrogens is 1. The molecular formula is C15H16N2OS. The Hall–Kier alpha value is -1.81. The molecule has 1 amide bonds. The summed E-state index contributed by atoms with van der Waals surface area (Å²) in [4.78, 5) is 15.7. The summed E-state index contributed by atoms with van der Waals surface area (Å²) >= 11 is 1.61. The maximum atomic E-state index is 11.7. The van der Waals surface area contributed by atoms with Crippen LogP contribution < -0.4 is 5.32 Å². The number of nitrogens with one attached hydrogen (secondary N) is 1. The van der Waals surface area contributed by atoms with E-state index in [1.165, 1.54) is 11.1 Å². The molecule has 1 heterocycles. The number of carbonyl (C=O) groups is 1. The maximum absolute atomic E-state index is 11.7. The Kier molecular flexibility index (Phi) is 4.98. The molecule has 2 rings (SSSR count). The van der Waals surface area contributed by atoms with Crippen molar-refractivity contribution in [2.75, 3.05) is 11.1 Å². The van der Waals surface area contributed by atoms with Crippen molar-refractivity contribution < 1.29 is 4.79 Å². The first kappa shape index (κ1) is 13.6. The van der Waals surface area contributed by atoms with Crippen LogP contribution in [0, 0.1) is 6.92 Å². The molecular weight excluding hydrogens is 256 g/mol. The lowest BCUT2D eigenvalue weighted by molar-refractivity contribution is -0.113. The molecule has 0 atom stereocenters. The fourth-order valence-electron chi connectivity index (χ4n) is 1.70. The summed E-state index contributed by atoms with van der Waals surface area (Å²) < 4.78 is 0. The molecule has 0 radical (unpaired) electrons. The minimum absolute atomic E-state index is 0.00523. The molecule has 0 aliphatic rings. The van der Waals surface area contributed by atoms with Gasteiger partial charge in [0, 0.05) is 11.9 Å². The molecule has 1 aromatic carbocycles. The van der Waals surface area contributed by atoms with Crippen LogP contribution >= 0.6 is 11.8 Å². The molecule has 2 aromatic rings. The summed E-state index contributed by atoms with van der Waals surface area (Å²) in [6, 6.07) is 12.0. The topological polar surface area (TPSA) is 42.0 Å². The Morgan fingerprint density at radius 1 is 1.32 bits per heavy atom. The number of benzene rings is 1. The van der Waals surface area contributed by atoms with Crippen LogP contribution in [0.3, 0.4) is 0 Å². The van der Waals surface area contributed by atoms with Gasteiger partial charge in [-0.2, -0.15) is 0 Å². The molecule has 0 saturated heterocycles. The summed E-state index contributed by atoms with van der Waals surface area (Å²) in [5, 5.41) is 2.82. The molecule has 0 aliphatic carbocycles. The summed E-state index contributed by atoms with van der Waals surface area (Å²) in [6.07, 6.45) is 3.32. The van der Waals surface area contributed by atoms with Gasteiger partial charge in [0.1, 0.15) is 0 Å². The quantitative estimate of drug-likeness (QED) is 0.908. The monoisotopic (exact) mass is 272 g/mol. The molecule has 0 saturated carbocycles. The number of amides is 1. The van der Waals surface area contributed by atoms with Crippen molar-refractivity contribution in [3.8, 4) is 0 Å². The summed E-state index contributed by atoms with van der Waals surface area (Å²) in [5.74, 6) is 1.30. The zero-order valence-electron chi connectivity index (χ0n) is 10.8. The number of rotatable bonds is 5. The first-order chi connectivity index (χ1) is 9.24. The van der Waals surface area contributed by atoms with E-state index in [1.54, 1.807) is 30.2 Å². The highest BCUT2D eigenvalue weighted by atomic mass is 32.2. The molecule has 1 N–H and O–H groups in total. The molecule has 4 heteroatoms. The summed E-state index contributed by atoms with van der Waals surface area (Å²) in [7, 11) is 0. The summed E-state index contributed by atoms with van der Waals surface area (Å²) in [5.41, 5.74) is 3.24. The zero-order chi connectivity index (χ0) is 13.5. The number of pyridine rings is 1. The SMILES string of the molecule is Cc1cccc(CSCC(=O)Nc2cccnc2)c1. The van der Waals surface area contributed by atoms with E-state index in [0.717, 1.165) is 11.4 Å². The van der Waals surface area contributed by atoms with Gasteiger partial charge in [-0.05, 0) is 24.6 Å². The lowest BCUT2D eigenvalue weighted by atomic mass is 10.2. The van der Waals surface area contributed by atoms with Gasteiger partial charge in [0.15, 0.2) is 0 Å². The third kappa shape index (κ3) is 4.75. The third-order valence-electron chi connectivity index (χ3n) is 2.53. The Balaban J connectivity index is 1.75. The van der Waals surface area contributed by atoms with E-state index in [1.807, 2.05) is 12.1 Å². The van der Waals surface area contributed by atoms with Crippen molar-refractivity contribution in [3.63, 3.8) is 0 Å². The number of hydrogen-bond acceptors (Lipinski definition) is 3. The van der Waals surface area contributed by atoms with Crippen LogP contribution in [0.25, 0.3) is 0 Å². The van der Waals surface area contributed by atoms with E-state index in [-0.39, 0.29) is 5.91 Å². The van der Waals surface area contributed by atoms with Crippen LogP contribution in [-0.2, 0) is 10.5 Å². The zero-order valence-corrected chi connectivity index (χ0v) is 11.6. The molecule has 0 bridgehead atoms. The van der Waals surface area contributed by atoms with E-state index >= 15 is 0 Å². The van der Waals surface area contributed by atoms with Crippen LogP contribution in [0.2, 0.25) is 0 Å². The van der Waals surface area contributed by atoms with Crippen molar-refractivity contribution >= 4 is 23.4 Å². The van der Waals surface area contributed by atoms with Gasteiger partial charge in [0.25, 0.3) is 0 Å². The van der Waals surface area contributed by atoms with Gasteiger partial charge in [-0.1, -0.05) is 29.8 Å². The van der Waals surface area contributed by atoms with Crippen LogP contribution in [0.4, 0.5) is 5.69 Å². The van der Waals surface area contributed by atoms with Gasteiger partial charge in [0.05, 0.1) is 17.6 Å². The molecule has 98 valence electrons. The predicted octanol–water partition coefficient (Wildman–Crippen LogP) is 3.26. The molecule has 1 aromatic heterocycles. The first-order valence-corrected chi connectivity index (χ1v) is 7.23. The molecule has 3 nitrogen and oxygen atoms in total. The van der Waals surface area contributed by atoms with Crippen LogP contribution in [0.5, 0.6) is 0 Å². The number of aryl methyl sites for hydroxylation is 1. The molecule has 0 unspecified atom stereocenters. The second-order valence-corrected chi connectivity index (χ2v) is 5.26. The van der Waals surface area contributed by atoms with Crippen LogP contribution in [0.1, 0.15) is 11.1 Å². The lowest BCUT2D eigenvalue weighted by Gasteiger charge is -2.05. The van der Waals surface area contributed by atoms with Gasteiger partial charge >= 0.3 is 0 Å². The third-order valence-corrected chi connectivity index (χ3v) is 3.53. The first-order valence-electron chi connectivity index (χ1n) is 6.07. The Morgan fingerprint density at radius 3 is 2.95 bits per heavy atom. The second-order valence-electron chi connectivity index (χ2n) is 4.27. The van der Waals surface area contributed by atoms with Crippen LogP contribution in [0.15, 0.2) is 48.8 Å². The number of hydrogen-bond donors (Lipinski definition) is 1. The Labute approximate surface area is 117 Å². The van der Waals surface area contributed by atoms with Crippen molar-refractivity contribution in [3.05, 3.63) is 59.9 Å². The van der Waals surface area contributed by atoms with Crippen molar-refractivity contribution in [1.29, 1.82) is 0 Å². The van der Waals surface area contributed by atoms with Crippen molar-refractivity contribution in [2.45, 2.75) is 12.7 Å². The van der Waals surface area contributed by atoms with Gasteiger partial charge in [0.2, 0.25) is 5.91 Å². The molecule has 0 fully saturated rings.